The van der Waals surface area contributed by atoms with Crippen LogP contribution in [0.15, 0.2) is 35.7 Å². The largest absolute Gasteiger partial charge is 0.290 e. The molecular formula is C14H11N5O2S. The highest BCUT2D eigenvalue weighted by molar-refractivity contribution is 7.09. The van der Waals surface area contributed by atoms with E-state index < -0.39 is 11.6 Å². The Balaban J connectivity index is 1.64. The third-order valence-electron chi connectivity index (χ3n) is 2.94. The van der Waals surface area contributed by atoms with Crippen molar-refractivity contribution in [3.05, 3.63) is 57.8 Å². The van der Waals surface area contributed by atoms with Gasteiger partial charge < -0.3 is 0 Å². The van der Waals surface area contributed by atoms with E-state index in [9.17, 15) is 9.59 Å². The van der Waals surface area contributed by atoms with Gasteiger partial charge in [-0.2, -0.15) is 5.21 Å². The number of aromatic amines is 1. The lowest BCUT2D eigenvalue weighted by atomic mass is 10.1. The first-order valence-corrected chi connectivity index (χ1v) is 7.38. The Labute approximate surface area is 129 Å². The van der Waals surface area contributed by atoms with E-state index in [1.807, 2.05) is 35.7 Å². The Kier molecular flexibility index (Phi) is 4.10. The van der Waals surface area contributed by atoms with Crippen LogP contribution in [0.5, 0.6) is 0 Å². The number of hydrogen-bond acceptors (Lipinski definition) is 7. The molecule has 0 atom stereocenters. The highest BCUT2D eigenvalue weighted by Gasteiger charge is 2.21. The summed E-state index contributed by atoms with van der Waals surface area (Å²) in [6, 6.07) is 9.93. The standard InChI is InChI=1S/C14H11N5O2S/c20-11(13(21)14-16-18-19-17-14)7-12-15-10(8-22-12)6-9-4-2-1-3-5-9/h1-5,8H,6-7H2,(H,16,17,18,19). The molecule has 3 rings (SSSR count). The average Bonchev–Trinajstić information content (AvgIpc) is 3.19. The first-order valence-electron chi connectivity index (χ1n) is 6.50. The summed E-state index contributed by atoms with van der Waals surface area (Å²) in [4.78, 5) is 28.0. The molecule has 0 aliphatic heterocycles. The van der Waals surface area contributed by atoms with Gasteiger partial charge in [-0.25, -0.2) is 4.98 Å². The van der Waals surface area contributed by atoms with E-state index in [2.05, 4.69) is 25.6 Å². The molecule has 110 valence electrons. The number of carbonyl (C=O) groups excluding carboxylic acids is 2. The molecule has 0 aliphatic carbocycles. The molecule has 2 heterocycles. The van der Waals surface area contributed by atoms with Crippen LogP contribution in [0.3, 0.4) is 0 Å². The third-order valence-corrected chi connectivity index (χ3v) is 3.84. The van der Waals surface area contributed by atoms with Crippen molar-refractivity contribution in [3.63, 3.8) is 0 Å². The van der Waals surface area contributed by atoms with Crippen molar-refractivity contribution < 1.29 is 9.59 Å². The predicted molar refractivity (Wildman–Crippen MR) is 78.6 cm³/mol. The number of carbonyl (C=O) groups is 2. The Bertz CT molecular complexity index is 783. The van der Waals surface area contributed by atoms with Crippen molar-refractivity contribution in [2.24, 2.45) is 0 Å². The molecule has 7 nitrogen and oxygen atoms in total. The molecule has 0 spiro atoms. The van der Waals surface area contributed by atoms with Gasteiger partial charge in [-0.3, -0.25) is 9.59 Å². The van der Waals surface area contributed by atoms with Crippen LogP contribution in [0.4, 0.5) is 0 Å². The third kappa shape index (κ3) is 3.29. The van der Waals surface area contributed by atoms with Gasteiger partial charge in [0.2, 0.25) is 11.6 Å². The molecule has 3 aromatic rings. The van der Waals surface area contributed by atoms with Crippen LogP contribution in [-0.2, 0) is 17.6 Å². The number of aromatic nitrogens is 5. The molecule has 0 unspecified atom stereocenters. The first-order chi connectivity index (χ1) is 10.7. The lowest BCUT2D eigenvalue weighted by molar-refractivity contribution is -0.114. The van der Waals surface area contributed by atoms with Crippen molar-refractivity contribution in [1.82, 2.24) is 25.6 Å². The number of rotatable bonds is 6. The Morgan fingerprint density at radius 1 is 1.18 bits per heavy atom. The van der Waals surface area contributed by atoms with Crippen LogP contribution in [0.25, 0.3) is 0 Å². The molecule has 22 heavy (non-hydrogen) atoms. The lowest BCUT2D eigenvalue weighted by Crippen LogP contribution is -2.18. The summed E-state index contributed by atoms with van der Waals surface area (Å²) in [6.07, 6.45) is 0.650. The summed E-state index contributed by atoms with van der Waals surface area (Å²) in [5.41, 5.74) is 2.03. The van der Waals surface area contributed by atoms with Gasteiger partial charge in [-0.05, 0) is 10.8 Å². The maximum atomic E-state index is 11.9. The van der Waals surface area contributed by atoms with Gasteiger partial charge >= 0.3 is 0 Å². The molecule has 0 amide bonds. The van der Waals surface area contributed by atoms with E-state index >= 15 is 0 Å². The fraction of sp³-hybridized carbons (Fsp3) is 0.143. The number of nitrogens with one attached hydrogen (secondary N) is 1. The van der Waals surface area contributed by atoms with E-state index in [-0.39, 0.29) is 12.2 Å². The quantitative estimate of drug-likeness (QED) is 0.542. The maximum absolute atomic E-state index is 11.9. The molecule has 8 heteroatoms. The number of H-pyrrole nitrogens is 1. The molecule has 0 saturated carbocycles. The Morgan fingerprint density at radius 2 is 2.00 bits per heavy atom. The van der Waals surface area contributed by atoms with Crippen LogP contribution in [-0.4, -0.2) is 37.2 Å². The van der Waals surface area contributed by atoms with Crippen molar-refractivity contribution >= 4 is 22.9 Å². The molecule has 0 aliphatic rings. The number of benzene rings is 1. The van der Waals surface area contributed by atoms with E-state index in [1.165, 1.54) is 11.3 Å². The summed E-state index contributed by atoms with van der Waals surface area (Å²) in [5.74, 6) is -1.57. The second-order valence-electron chi connectivity index (χ2n) is 4.56. The van der Waals surface area contributed by atoms with Crippen molar-refractivity contribution in [3.8, 4) is 0 Å². The monoisotopic (exact) mass is 313 g/mol. The Hall–Kier alpha value is -2.74. The second-order valence-corrected chi connectivity index (χ2v) is 5.50. The van der Waals surface area contributed by atoms with Gasteiger partial charge in [0.05, 0.1) is 12.1 Å². The second kappa shape index (κ2) is 6.35. The van der Waals surface area contributed by atoms with Crippen molar-refractivity contribution in [2.75, 3.05) is 0 Å². The Morgan fingerprint density at radius 3 is 2.73 bits per heavy atom. The highest BCUT2D eigenvalue weighted by atomic mass is 32.1. The van der Waals surface area contributed by atoms with Gasteiger partial charge in [0.1, 0.15) is 5.01 Å². The minimum absolute atomic E-state index is 0.0488. The molecular weight excluding hydrogens is 302 g/mol. The average molecular weight is 313 g/mol. The van der Waals surface area contributed by atoms with Crippen molar-refractivity contribution in [1.29, 1.82) is 0 Å². The summed E-state index contributed by atoms with van der Waals surface area (Å²) in [5, 5.41) is 14.9. The SMILES string of the molecule is O=C(Cc1nc(Cc2ccccc2)cs1)C(=O)c1nn[nH]n1. The molecule has 1 N–H and O–H groups in total. The van der Waals surface area contributed by atoms with E-state index in [0.717, 1.165) is 11.3 Å². The maximum Gasteiger partial charge on any atom is 0.269 e. The zero-order valence-corrected chi connectivity index (χ0v) is 12.2. The van der Waals surface area contributed by atoms with Crippen LogP contribution in [0.2, 0.25) is 0 Å². The highest BCUT2D eigenvalue weighted by Crippen LogP contribution is 2.15. The van der Waals surface area contributed by atoms with Gasteiger partial charge in [0.15, 0.2) is 0 Å². The number of ketones is 2. The van der Waals surface area contributed by atoms with Gasteiger partial charge in [0, 0.05) is 11.8 Å². The summed E-state index contributed by atoms with van der Waals surface area (Å²) in [7, 11) is 0. The predicted octanol–water partition coefficient (Wildman–Crippen LogP) is 1.24. The summed E-state index contributed by atoms with van der Waals surface area (Å²) >= 11 is 1.36. The minimum atomic E-state index is -0.756. The molecule has 0 fully saturated rings. The minimum Gasteiger partial charge on any atom is -0.290 e. The van der Waals surface area contributed by atoms with Crippen molar-refractivity contribution in [2.45, 2.75) is 12.8 Å². The summed E-state index contributed by atoms with van der Waals surface area (Å²) < 4.78 is 0. The van der Waals surface area contributed by atoms with Gasteiger partial charge in [-0.1, -0.05) is 30.3 Å². The zero-order valence-electron chi connectivity index (χ0n) is 11.4. The first kappa shape index (κ1) is 14.2. The number of tetrazole rings is 1. The molecule has 2 aromatic heterocycles. The van der Waals surface area contributed by atoms with E-state index in [1.54, 1.807) is 0 Å². The molecule has 0 saturated heterocycles. The fourth-order valence-corrected chi connectivity index (χ4v) is 2.71. The van der Waals surface area contributed by atoms with Crippen LogP contribution < -0.4 is 0 Å². The van der Waals surface area contributed by atoms with Crippen LogP contribution in [0, 0.1) is 0 Å². The fourth-order valence-electron chi connectivity index (χ4n) is 1.92. The molecule has 0 bridgehead atoms. The zero-order chi connectivity index (χ0) is 15.4. The normalized spacial score (nSPS) is 10.5. The van der Waals surface area contributed by atoms with Crippen LogP contribution >= 0.6 is 11.3 Å². The summed E-state index contributed by atoms with van der Waals surface area (Å²) in [6.45, 7) is 0. The lowest BCUT2D eigenvalue weighted by Gasteiger charge is -1.96. The number of nitrogens with zero attached hydrogens (tertiary/aromatic N) is 4. The van der Waals surface area contributed by atoms with E-state index in [0.29, 0.717) is 11.4 Å². The van der Waals surface area contributed by atoms with Gasteiger partial charge in [0.25, 0.3) is 5.78 Å². The number of Topliss-reactive ketones (excluding diaryl/α,β-unsaturated/α-hetero) is 2. The number of hydrogen-bond donors (Lipinski definition) is 1. The van der Waals surface area contributed by atoms with E-state index in [4.69, 9.17) is 0 Å². The smallest absolute Gasteiger partial charge is 0.269 e. The van der Waals surface area contributed by atoms with Crippen LogP contribution in [0.1, 0.15) is 26.9 Å². The number of thiazole rings is 1. The molecule has 1 aromatic carbocycles. The topological polar surface area (TPSA) is 101 Å². The van der Waals surface area contributed by atoms with Gasteiger partial charge in [-0.15, -0.1) is 21.5 Å². The molecule has 0 radical (unpaired) electrons.